The van der Waals surface area contributed by atoms with Crippen molar-refractivity contribution in [3.8, 4) is 11.5 Å². The average Bonchev–Trinajstić information content (AvgIpc) is 2.50. The Morgan fingerprint density at radius 3 is 2.64 bits per heavy atom. The number of hydrogen-bond acceptors (Lipinski definition) is 5. The maximum Gasteiger partial charge on any atom is 0.134 e. The minimum atomic E-state index is 0.449. The Morgan fingerprint density at radius 1 is 1.14 bits per heavy atom. The van der Waals surface area contributed by atoms with Gasteiger partial charge in [-0.05, 0) is 43.5 Å². The molecule has 5 nitrogen and oxygen atoms in total. The molecule has 0 unspecified atom stereocenters. The van der Waals surface area contributed by atoms with E-state index in [0.29, 0.717) is 11.0 Å². The van der Waals surface area contributed by atoms with Gasteiger partial charge in [0, 0.05) is 12.6 Å². The fourth-order valence-electron chi connectivity index (χ4n) is 2.19. The number of aryl methyl sites for hydroxylation is 2. The third kappa shape index (κ3) is 4.49. The summed E-state index contributed by atoms with van der Waals surface area (Å²) >= 11 is 5.91. The molecule has 0 radical (unpaired) electrons. The fourth-order valence-corrected chi connectivity index (χ4v) is 2.42. The fraction of sp³-hybridized carbons (Fsp3) is 0.375. The number of nitrogens with one attached hydrogen (secondary N) is 1. The summed E-state index contributed by atoms with van der Waals surface area (Å²) in [6.07, 6.45) is 1.81. The Bertz CT molecular complexity index is 615. The predicted molar refractivity (Wildman–Crippen MR) is 88.1 cm³/mol. The molecule has 0 fully saturated rings. The molecule has 0 saturated heterocycles. The molecule has 0 bridgehead atoms. The van der Waals surface area contributed by atoms with E-state index >= 15 is 0 Å². The van der Waals surface area contributed by atoms with Crippen molar-refractivity contribution in [2.75, 3.05) is 26.1 Å². The molecule has 2 aromatic rings. The topological polar surface area (TPSA) is 56.3 Å². The number of aromatic nitrogens is 2. The van der Waals surface area contributed by atoms with Crippen LogP contribution in [0.2, 0.25) is 5.15 Å². The summed E-state index contributed by atoms with van der Waals surface area (Å²) < 4.78 is 10.6. The van der Waals surface area contributed by atoms with Gasteiger partial charge < -0.3 is 14.8 Å². The van der Waals surface area contributed by atoms with E-state index in [4.69, 9.17) is 21.1 Å². The van der Waals surface area contributed by atoms with Gasteiger partial charge in [0.2, 0.25) is 0 Å². The zero-order valence-electron chi connectivity index (χ0n) is 13.0. The van der Waals surface area contributed by atoms with Gasteiger partial charge in [-0.2, -0.15) is 0 Å². The van der Waals surface area contributed by atoms with E-state index in [0.717, 1.165) is 42.3 Å². The number of ether oxygens (including phenoxy) is 2. The zero-order valence-corrected chi connectivity index (χ0v) is 13.8. The third-order valence-electron chi connectivity index (χ3n) is 3.22. The van der Waals surface area contributed by atoms with Crippen LogP contribution < -0.4 is 14.8 Å². The summed E-state index contributed by atoms with van der Waals surface area (Å²) in [5.41, 5.74) is 1.13. The van der Waals surface area contributed by atoms with Crippen LogP contribution in [-0.2, 0) is 6.42 Å². The average molecular weight is 322 g/mol. The number of rotatable bonds is 7. The van der Waals surface area contributed by atoms with Gasteiger partial charge in [-0.3, -0.25) is 0 Å². The van der Waals surface area contributed by atoms with Crippen LogP contribution in [0.15, 0.2) is 24.3 Å². The summed E-state index contributed by atoms with van der Waals surface area (Å²) in [5, 5.41) is 3.70. The van der Waals surface area contributed by atoms with Gasteiger partial charge in [-0.25, -0.2) is 9.97 Å². The number of anilines is 1. The second kappa shape index (κ2) is 7.84. The molecule has 1 aromatic heterocycles. The molecule has 0 aliphatic carbocycles. The molecule has 0 spiro atoms. The van der Waals surface area contributed by atoms with Crippen LogP contribution in [0.3, 0.4) is 0 Å². The number of halogens is 1. The molecule has 22 heavy (non-hydrogen) atoms. The third-order valence-corrected chi connectivity index (χ3v) is 3.42. The van der Waals surface area contributed by atoms with Crippen molar-refractivity contribution in [3.63, 3.8) is 0 Å². The van der Waals surface area contributed by atoms with E-state index in [2.05, 4.69) is 15.3 Å². The molecule has 0 aliphatic rings. The lowest BCUT2D eigenvalue weighted by atomic mass is 10.1. The van der Waals surface area contributed by atoms with E-state index in [1.54, 1.807) is 20.3 Å². The molecule has 0 atom stereocenters. The minimum absolute atomic E-state index is 0.449. The van der Waals surface area contributed by atoms with Gasteiger partial charge in [0.25, 0.3) is 0 Å². The number of methoxy groups -OCH3 is 2. The first-order chi connectivity index (χ1) is 10.6. The number of nitrogens with zero attached hydrogens (tertiary/aromatic N) is 2. The number of benzene rings is 1. The Labute approximate surface area is 135 Å². The van der Waals surface area contributed by atoms with Gasteiger partial charge in [-0.15, -0.1) is 0 Å². The standard InChI is InChI=1S/C16H20ClN3O2/c1-11-19-15(17)10-16(20-11)18-8-4-5-12-9-13(21-2)6-7-14(12)22-3/h6-7,9-10H,4-5,8H2,1-3H3,(H,18,19,20). The maximum absolute atomic E-state index is 5.91. The Morgan fingerprint density at radius 2 is 1.95 bits per heavy atom. The van der Waals surface area contributed by atoms with Crippen LogP contribution in [0.1, 0.15) is 17.8 Å². The highest BCUT2D eigenvalue weighted by Gasteiger charge is 2.05. The minimum Gasteiger partial charge on any atom is -0.497 e. The Hall–Kier alpha value is -2.01. The van der Waals surface area contributed by atoms with E-state index < -0.39 is 0 Å². The lowest BCUT2D eigenvalue weighted by Gasteiger charge is -2.11. The van der Waals surface area contributed by atoms with Crippen LogP contribution >= 0.6 is 11.6 Å². The highest BCUT2D eigenvalue weighted by molar-refractivity contribution is 6.29. The molecule has 1 heterocycles. The molecule has 6 heteroatoms. The lowest BCUT2D eigenvalue weighted by molar-refractivity contribution is 0.398. The number of hydrogen-bond donors (Lipinski definition) is 1. The Kier molecular flexibility index (Phi) is 5.83. The molecule has 0 amide bonds. The zero-order chi connectivity index (χ0) is 15.9. The molecule has 2 rings (SSSR count). The normalized spacial score (nSPS) is 10.4. The van der Waals surface area contributed by atoms with Crippen molar-refractivity contribution >= 4 is 17.4 Å². The van der Waals surface area contributed by atoms with Crippen molar-refractivity contribution in [3.05, 3.63) is 40.8 Å². The first-order valence-electron chi connectivity index (χ1n) is 7.08. The van der Waals surface area contributed by atoms with Crippen molar-refractivity contribution in [2.24, 2.45) is 0 Å². The van der Waals surface area contributed by atoms with Gasteiger partial charge in [0.15, 0.2) is 0 Å². The van der Waals surface area contributed by atoms with Gasteiger partial charge >= 0.3 is 0 Å². The van der Waals surface area contributed by atoms with E-state index in [1.807, 2.05) is 25.1 Å². The first kappa shape index (κ1) is 16.4. The smallest absolute Gasteiger partial charge is 0.134 e. The quantitative estimate of drug-likeness (QED) is 0.625. The van der Waals surface area contributed by atoms with Crippen LogP contribution in [0.4, 0.5) is 5.82 Å². The molecule has 118 valence electrons. The van der Waals surface area contributed by atoms with E-state index in [1.165, 1.54) is 0 Å². The second-order valence-corrected chi connectivity index (χ2v) is 5.22. The van der Waals surface area contributed by atoms with Gasteiger partial charge in [-0.1, -0.05) is 11.6 Å². The first-order valence-corrected chi connectivity index (χ1v) is 7.46. The van der Waals surface area contributed by atoms with Crippen LogP contribution in [0.25, 0.3) is 0 Å². The van der Waals surface area contributed by atoms with Crippen LogP contribution in [0.5, 0.6) is 11.5 Å². The summed E-state index contributed by atoms with van der Waals surface area (Å²) in [4.78, 5) is 8.32. The van der Waals surface area contributed by atoms with Crippen LogP contribution in [-0.4, -0.2) is 30.7 Å². The summed E-state index contributed by atoms with van der Waals surface area (Å²) in [6, 6.07) is 7.55. The molecule has 0 saturated carbocycles. The maximum atomic E-state index is 5.91. The highest BCUT2D eigenvalue weighted by Crippen LogP contribution is 2.25. The second-order valence-electron chi connectivity index (χ2n) is 4.83. The van der Waals surface area contributed by atoms with E-state index in [9.17, 15) is 0 Å². The van der Waals surface area contributed by atoms with Crippen molar-refractivity contribution < 1.29 is 9.47 Å². The summed E-state index contributed by atoms with van der Waals surface area (Å²) in [7, 11) is 3.34. The molecule has 0 aliphatic heterocycles. The SMILES string of the molecule is COc1ccc(OC)c(CCCNc2cc(Cl)nc(C)n2)c1. The molecule has 1 aromatic carbocycles. The monoisotopic (exact) mass is 321 g/mol. The summed E-state index contributed by atoms with van der Waals surface area (Å²) in [5.74, 6) is 3.11. The predicted octanol–water partition coefficient (Wildman–Crippen LogP) is 3.50. The van der Waals surface area contributed by atoms with Crippen molar-refractivity contribution in [1.82, 2.24) is 9.97 Å². The van der Waals surface area contributed by atoms with Crippen molar-refractivity contribution in [1.29, 1.82) is 0 Å². The van der Waals surface area contributed by atoms with Gasteiger partial charge in [0.1, 0.15) is 28.3 Å². The van der Waals surface area contributed by atoms with Gasteiger partial charge in [0.05, 0.1) is 14.2 Å². The van der Waals surface area contributed by atoms with Crippen LogP contribution in [0, 0.1) is 6.92 Å². The summed E-state index contributed by atoms with van der Waals surface area (Å²) in [6.45, 7) is 2.60. The van der Waals surface area contributed by atoms with Crippen molar-refractivity contribution in [2.45, 2.75) is 19.8 Å². The molecular weight excluding hydrogens is 302 g/mol. The van der Waals surface area contributed by atoms with E-state index in [-0.39, 0.29) is 0 Å². The Balaban J connectivity index is 1.90. The molecule has 1 N–H and O–H groups in total. The lowest BCUT2D eigenvalue weighted by Crippen LogP contribution is -2.06. The molecular formula is C16H20ClN3O2. The largest absolute Gasteiger partial charge is 0.497 e. The highest BCUT2D eigenvalue weighted by atomic mass is 35.5.